The van der Waals surface area contributed by atoms with Gasteiger partial charge in [0.2, 0.25) is 0 Å². The molecular formula is C10H5ClINS. The lowest BCUT2D eigenvalue weighted by Gasteiger charge is -2.00. The van der Waals surface area contributed by atoms with E-state index in [4.69, 9.17) is 16.9 Å². The van der Waals surface area contributed by atoms with Gasteiger partial charge in [-0.05, 0) is 28.7 Å². The number of rotatable bonds is 1. The van der Waals surface area contributed by atoms with Crippen molar-refractivity contribution < 1.29 is 0 Å². The topological polar surface area (TPSA) is 23.8 Å². The van der Waals surface area contributed by atoms with Crippen molar-refractivity contribution in [3.63, 3.8) is 0 Å². The van der Waals surface area contributed by atoms with E-state index in [2.05, 4.69) is 34.0 Å². The second-order valence-electron chi connectivity index (χ2n) is 2.82. The van der Waals surface area contributed by atoms with Crippen LogP contribution in [0.4, 0.5) is 0 Å². The third kappa shape index (κ3) is 1.62. The first kappa shape index (κ1) is 10.2. The summed E-state index contributed by atoms with van der Waals surface area (Å²) in [5, 5.41) is 12.7. The zero-order valence-corrected chi connectivity index (χ0v) is 10.8. The lowest BCUT2D eigenvalue weighted by Crippen LogP contribution is -1.83. The van der Waals surface area contributed by atoms with Gasteiger partial charge in [0, 0.05) is 29.6 Å². The van der Waals surface area contributed by atoms with Crippen molar-refractivity contribution in [1.29, 1.82) is 5.26 Å². The normalized spacial score (nSPS) is 10.4. The molecule has 0 spiro atoms. The van der Waals surface area contributed by atoms with Crippen LogP contribution in [0, 0.1) is 14.9 Å². The van der Waals surface area contributed by atoms with E-state index in [0.29, 0.717) is 11.4 Å². The lowest BCUT2D eigenvalue weighted by molar-refractivity contribution is 1.29. The number of nitriles is 1. The second-order valence-corrected chi connectivity index (χ2v) is 5.27. The van der Waals surface area contributed by atoms with E-state index >= 15 is 0 Å². The molecule has 0 amide bonds. The quantitative estimate of drug-likeness (QED) is 0.717. The van der Waals surface area contributed by atoms with Crippen LogP contribution >= 0.6 is 45.5 Å². The van der Waals surface area contributed by atoms with Gasteiger partial charge in [-0.1, -0.05) is 17.7 Å². The average molecular weight is 334 g/mol. The third-order valence-corrected chi connectivity index (χ3v) is 4.72. The third-order valence-electron chi connectivity index (χ3n) is 2.00. The van der Waals surface area contributed by atoms with E-state index in [1.807, 2.05) is 12.1 Å². The van der Waals surface area contributed by atoms with E-state index in [1.165, 1.54) is 8.96 Å². The van der Waals surface area contributed by atoms with Crippen molar-refractivity contribution in [3.8, 4) is 6.07 Å². The van der Waals surface area contributed by atoms with Crippen molar-refractivity contribution in [2.24, 2.45) is 0 Å². The highest BCUT2D eigenvalue weighted by molar-refractivity contribution is 14.1. The van der Waals surface area contributed by atoms with Crippen molar-refractivity contribution in [2.45, 2.75) is 6.42 Å². The van der Waals surface area contributed by atoms with Gasteiger partial charge in [-0.15, -0.1) is 11.3 Å². The molecule has 0 fully saturated rings. The lowest BCUT2D eigenvalue weighted by atomic mass is 10.1. The van der Waals surface area contributed by atoms with Crippen LogP contribution in [-0.4, -0.2) is 0 Å². The summed E-state index contributed by atoms with van der Waals surface area (Å²) < 4.78 is 2.36. The Labute approximate surface area is 104 Å². The summed E-state index contributed by atoms with van der Waals surface area (Å²) in [5.74, 6) is 0. The fourth-order valence-corrected chi connectivity index (χ4v) is 3.62. The predicted molar refractivity (Wildman–Crippen MR) is 68.9 cm³/mol. The van der Waals surface area contributed by atoms with E-state index in [-0.39, 0.29) is 0 Å². The molecule has 0 radical (unpaired) electrons. The summed E-state index contributed by atoms with van der Waals surface area (Å²) in [7, 11) is 0. The molecule has 2 rings (SSSR count). The Morgan fingerprint density at radius 2 is 2.29 bits per heavy atom. The van der Waals surface area contributed by atoms with Gasteiger partial charge in [-0.2, -0.15) is 5.26 Å². The van der Waals surface area contributed by atoms with Gasteiger partial charge in [0.15, 0.2) is 0 Å². The van der Waals surface area contributed by atoms with Crippen LogP contribution in [0.2, 0.25) is 5.02 Å². The first-order chi connectivity index (χ1) is 6.74. The Bertz CT molecular complexity index is 527. The molecule has 1 aromatic carbocycles. The minimum atomic E-state index is 0.382. The number of halogens is 2. The number of hydrogen-bond acceptors (Lipinski definition) is 2. The molecule has 4 heteroatoms. The zero-order valence-electron chi connectivity index (χ0n) is 7.05. The van der Waals surface area contributed by atoms with Crippen molar-refractivity contribution in [3.05, 3.63) is 31.7 Å². The highest BCUT2D eigenvalue weighted by Gasteiger charge is 2.09. The molecule has 2 aromatic rings. The molecule has 0 saturated carbocycles. The van der Waals surface area contributed by atoms with Gasteiger partial charge < -0.3 is 0 Å². The molecule has 0 unspecified atom stereocenters. The van der Waals surface area contributed by atoms with Crippen LogP contribution in [0.25, 0.3) is 10.1 Å². The Kier molecular flexibility index (Phi) is 2.96. The first-order valence-electron chi connectivity index (χ1n) is 3.95. The second kappa shape index (κ2) is 4.05. The van der Waals surface area contributed by atoms with E-state index in [0.717, 1.165) is 10.3 Å². The van der Waals surface area contributed by atoms with Crippen LogP contribution in [-0.2, 0) is 6.42 Å². The van der Waals surface area contributed by atoms with E-state index in [9.17, 15) is 0 Å². The summed E-state index contributed by atoms with van der Waals surface area (Å²) >= 11 is 9.99. The Balaban J connectivity index is 2.78. The van der Waals surface area contributed by atoms with Gasteiger partial charge in [-0.25, -0.2) is 0 Å². The summed E-state index contributed by atoms with van der Waals surface area (Å²) in [5.41, 5.74) is 0.958. The molecule has 1 nitrogen and oxygen atoms in total. The minimum Gasteiger partial charge on any atom is -0.198 e. The molecule has 1 heterocycles. The highest BCUT2D eigenvalue weighted by Crippen LogP contribution is 2.34. The maximum Gasteiger partial charge on any atom is 0.0670 e. The minimum absolute atomic E-state index is 0.382. The largest absolute Gasteiger partial charge is 0.198 e. The molecule has 0 aliphatic carbocycles. The van der Waals surface area contributed by atoms with Gasteiger partial charge >= 0.3 is 0 Å². The maximum absolute atomic E-state index is 8.70. The number of fused-ring (bicyclic) bond motifs is 1. The monoisotopic (exact) mass is 333 g/mol. The summed E-state index contributed by atoms with van der Waals surface area (Å²) in [4.78, 5) is 0. The molecule has 0 N–H and O–H groups in total. The first-order valence-corrected chi connectivity index (χ1v) is 6.28. The Morgan fingerprint density at radius 1 is 1.50 bits per heavy atom. The van der Waals surface area contributed by atoms with E-state index < -0.39 is 0 Å². The van der Waals surface area contributed by atoms with Crippen LogP contribution in [0.1, 0.15) is 5.56 Å². The van der Waals surface area contributed by atoms with Crippen LogP contribution in [0.5, 0.6) is 0 Å². The van der Waals surface area contributed by atoms with Crippen molar-refractivity contribution >= 4 is 55.6 Å². The molecule has 0 bridgehead atoms. The van der Waals surface area contributed by atoms with E-state index in [1.54, 1.807) is 11.3 Å². The SMILES string of the molecule is N#CCc1c(Cl)ccc2c(I)csc12. The summed E-state index contributed by atoms with van der Waals surface area (Å²) in [6, 6.07) is 6.02. The molecule has 0 aliphatic heterocycles. The van der Waals surface area contributed by atoms with Gasteiger partial charge in [0.1, 0.15) is 0 Å². The fraction of sp³-hybridized carbons (Fsp3) is 0.100. The Morgan fingerprint density at radius 3 is 3.00 bits per heavy atom. The van der Waals surface area contributed by atoms with Crippen molar-refractivity contribution in [2.75, 3.05) is 0 Å². The van der Waals surface area contributed by atoms with Gasteiger partial charge in [0.25, 0.3) is 0 Å². The molecule has 0 aliphatic rings. The van der Waals surface area contributed by atoms with Crippen LogP contribution < -0.4 is 0 Å². The number of hydrogen-bond donors (Lipinski definition) is 0. The van der Waals surface area contributed by atoms with Crippen LogP contribution in [0.15, 0.2) is 17.5 Å². The molecule has 70 valence electrons. The summed E-state index contributed by atoms with van der Waals surface area (Å²) in [6.07, 6.45) is 0.382. The van der Waals surface area contributed by atoms with Gasteiger partial charge in [0.05, 0.1) is 12.5 Å². The number of nitrogens with zero attached hydrogens (tertiary/aromatic N) is 1. The predicted octanol–water partition coefficient (Wildman–Crippen LogP) is 4.23. The number of thiophene rings is 1. The van der Waals surface area contributed by atoms with Gasteiger partial charge in [-0.3, -0.25) is 0 Å². The maximum atomic E-state index is 8.70. The van der Waals surface area contributed by atoms with Crippen LogP contribution in [0.3, 0.4) is 0 Å². The molecule has 14 heavy (non-hydrogen) atoms. The molecule has 1 aromatic heterocycles. The standard InChI is InChI=1S/C10H5ClINS/c11-8-2-1-7-9(12)5-14-10(7)6(8)3-4-13/h1-2,5H,3H2. The fourth-order valence-electron chi connectivity index (χ4n) is 1.34. The smallest absolute Gasteiger partial charge is 0.0670 e. The summed E-state index contributed by atoms with van der Waals surface area (Å²) in [6.45, 7) is 0. The molecule has 0 atom stereocenters. The average Bonchev–Trinajstić information content (AvgIpc) is 2.53. The number of benzene rings is 1. The molecule has 0 saturated heterocycles. The molecular weight excluding hydrogens is 329 g/mol. The van der Waals surface area contributed by atoms with Crippen molar-refractivity contribution in [1.82, 2.24) is 0 Å². The zero-order chi connectivity index (χ0) is 10.1. The Hall–Kier alpha value is -0.310. The highest BCUT2D eigenvalue weighted by atomic mass is 127.